The Labute approximate surface area is 121 Å². The van der Waals surface area contributed by atoms with Crippen LogP contribution in [0.4, 0.5) is 15.8 Å². The predicted molar refractivity (Wildman–Crippen MR) is 74.7 cm³/mol. The quantitative estimate of drug-likeness (QED) is 0.492. The molecule has 0 aliphatic rings. The minimum atomic E-state index is -0.589. The van der Waals surface area contributed by atoms with E-state index in [2.05, 4.69) is 10.3 Å². The third-order valence-electron chi connectivity index (χ3n) is 2.45. The van der Waals surface area contributed by atoms with Crippen molar-refractivity contribution >= 4 is 32.9 Å². The van der Waals surface area contributed by atoms with Gasteiger partial charge in [-0.1, -0.05) is 12.1 Å². The number of nitro benzene ring substituents is 1. The maximum absolute atomic E-state index is 11.9. The minimum absolute atomic E-state index is 0.139. The molecule has 0 bridgehead atoms. The van der Waals surface area contributed by atoms with Crippen molar-refractivity contribution in [1.82, 2.24) is 4.98 Å². The molecule has 0 fully saturated rings. The molecule has 2 rings (SSSR count). The number of Topliss-reactive ketones (excluding diaryl/α,β-unsaturated/α-hetero) is 1. The molecule has 1 heterocycles. The summed E-state index contributed by atoms with van der Waals surface area (Å²) in [7, 11) is 0. The van der Waals surface area contributed by atoms with E-state index in [1.165, 1.54) is 24.3 Å². The van der Waals surface area contributed by atoms with Gasteiger partial charge in [-0.2, -0.15) is 0 Å². The van der Waals surface area contributed by atoms with Crippen LogP contribution in [0.25, 0.3) is 0 Å². The number of thiazole rings is 1. The van der Waals surface area contributed by atoms with Crippen molar-refractivity contribution in [3.63, 3.8) is 0 Å². The zero-order valence-corrected chi connectivity index (χ0v) is 11.2. The third kappa shape index (κ3) is 3.57. The summed E-state index contributed by atoms with van der Waals surface area (Å²) in [5.41, 5.74) is 0.00786. The molecular weight excluding hydrogens is 300 g/mol. The molecule has 0 spiro atoms. The summed E-state index contributed by atoms with van der Waals surface area (Å²) in [5, 5.41) is 23.9. The second kappa shape index (κ2) is 6.05. The van der Waals surface area contributed by atoms with E-state index in [0.717, 1.165) is 17.5 Å². The number of non-ortho nitro benzene ring substituents is 1. The van der Waals surface area contributed by atoms with Crippen LogP contribution in [-0.4, -0.2) is 27.2 Å². The lowest BCUT2D eigenvalue weighted by atomic mass is 10.1. The van der Waals surface area contributed by atoms with Gasteiger partial charge in [-0.25, -0.2) is 4.98 Å². The summed E-state index contributed by atoms with van der Waals surface area (Å²) in [5.74, 6) is -0.378. The summed E-state index contributed by atoms with van der Waals surface area (Å²) >= 11 is 0.804. The SMILES string of the molecule is O=C(CNc1ncc([N+](=O)[O-])s1)c1cccc([N+](=O)[O-])c1. The third-order valence-corrected chi connectivity index (χ3v) is 3.36. The number of nitrogens with one attached hydrogen (secondary N) is 1. The Bertz CT molecular complexity index is 714. The Kier molecular flexibility index (Phi) is 4.18. The molecule has 1 N–H and O–H groups in total. The molecule has 10 heteroatoms. The van der Waals surface area contributed by atoms with E-state index in [1.807, 2.05) is 0 Å². The maximum atomic E-state index is 11.9. The molecule has 21 heavy (non-hydrogen) atoms. The number of carbonyl (C=O) groups excluding carboxylic acids is 1. The number of rotatable bonds is 6. The van der Waals surface area contributed by atoms with Gasteiger partial charge >= 0.3 is 5.00 Å². The molecule has 0 amide bonds. The topological polar surface area (TPSA) is 128 Å². The Hall–Kier alpha value is -2.88. The van der Waals surface area contributed by atoms with Crippen LogP contribution in [0.2, 0.25) is 0 Å². The number of hydrogen-bond acceptors (Lipinski definition) is 8. The van der Waals surface area contributed by atoms with Gasteiger partial charge in [0.15, 0.2) is 10.9 Å². The van der Waals surface area contributed by atoms with Gasteiger partial charge in [0.2, 0.25) is 0 Å². The molecule has 0 saturated carbocycles. The highest BCUT2D eigenvalue weighted by Gasteiger charge is 2.14. The van der Waals surface area contributed by atoms with Crippen LogP contribution in [0.15, 0.2) is 30.5 Å². The van der Waals surface area contributed by atoms with Crippen LogP contribution < -0.4 is 5.32 Å². The van der Waals surface area contributed by atoms with E-state index in [0.29, 0.717) is 0 Å². The number of anilines is 1. The lowest BCUT2D eigenvalue weighted by Crippen LogP contribution is -2.13. The Balaban J connectivity index is 2.02. The van der Waals surface area contributed by atoms with Gasteiger partial charge in [0, 0.05) is 17.7 Å². The van der Waals surface area contributed by atoms with Crippen LogP contribution in [0, 0.1) is 20.2 Å². The first-order valence-electron chi connectivity index (χ1n) is 5.59. The zero-order valence-electron chi connectivity index (χ0n) is 10.4. The number of nitrogens with zero attached hydrogens (tertiary/aromatic N) is 3. The maximum Gasteiger partial charge on any atom is 0.345 e. The van der Waals surface area contributed by atoms with Crippen molar-refractivity contribution in [2.75, 3.05) is 11.9 Å². The van der Waals surface area contributed by atoms with Crippen LogP contribution >= 0.6 is 11.3 Å². The first kappa shape index (κ1) is 14.5. The average Bonchev–Trinajstić information content (AvgIpc) is 2.94. The molecule has 1 aromatic carbocycles. The van der Waals surface area contributed by atoms with Crippen LogP contribution in [-0.2, 0) is 0 Å². The van der Waals surface area contributed by atoms with Crippen LogP contribution in [0.5, 0.6) is 0 Å². The van der Waals surface area contributed by atoms with Crippen molar-refractivity contribution in [2.45, 2.75) is 0 Å². The van der Waals surface area contributed by atoms with Crippen molar-refractivity contribution in [3.8, 4) is 0 Å². The molecule has 0 saturated heterocycles. The molecule has 108 valence electrons. The van der Waals surface area contributed by atoms with Gasteiger partial charge < -0.3 is 5.32 Å². The molecule has 0 unspecified atom stereocenters. The van der Waals surface area contributed by atoms with Crippen molar-refractivity contribution < 1.29 is 14.6 Å². The lowest BCUT2D eigenvalue weighted by Gasteiger charge is -2.02. The molecule has 0 radical (unpaired) electrons. The van der Waals surface area contributed by atoms with Crippen molar-refractivity contribution in [3.05, 3.63) is 56.3 Å². The van der Waals surface area contributed by atoms with Gasteiger partial charge in [0.25, 0.3) is 5.69 Å². The van der Waals surface area contributed by atoms with Gasteiger partial charge in [-0.15, -0.1) is 0 Å². The normalized spacial score (nSPS) is 10.1. The summed E-state index contributed by atoms with van der Waals surface area (Å²) in [6, 6.07) is 5.34. The monoisotopic (exact) mass is 308 g/mol. The van der Waals surface area contributed by atoms with E-state index >= 15 is 0 Å². The number of ketones is 1. The highest BCUT2D eigenvalue weighted by atomic mass is 32.1. The van der Waals surface area contributed by atoms with Crippen LogP contribution in [0.3, 0.4) is 0 Å². The van der Waals surface area contributed by atoms with E-state index in [1.54, 1.807) is 0 Å². The second-order valence-electron chi connectivity index (χ2n) is 3.84. The number of carbonyl (C=O) groups is 1. The molecule has 1 aromatic heterocycles. The van der Waals surface area contributed by atoms with Gasteiger partial charge in [-0.3, -0.25) is 25.0 Å². The fraction of sp³-hybridized carbons (Fsp3) is 0.0909. The number of aromatic nitrogens is 1. The summed E-state index contributed by atoms with van der Waals surface area (Å²) in [6.07, 6.45) is 1.09. The number of nitro groups is 2. The van der Waals surface area contributed by atoms with E-state index < -0.39 is 9.85 Å². The van der Waals surface area contributed by atoms with E-state index in [4.69, 9.17) is 0 Å². The molecular formula is C11H8N4O5S. The van der Waals surface area contributed by atoms with Gasteiger partial charge in [-0.05, 0) is 11.3 Å². The average molecular weight is 308 g/mol. The summed E-state index contributed by atoms with van der Waals surface area (Å²) < 4.78 is 0. The Morgan fingerprint density at radius 3 is 2.67 bits per heavy atom. The first-order valence-corrected chi connectivity index (χ1v) is 6.41. The van der Waals surface area contributed by atoms with E-state index in [9.17, 15) is 25.0 Å². The highest BCUT2D eigenvalue weighted by Crippen LogP contribution is 2.24. The fourth-order valence-electron chi connectivity index (χ4n) is 1.48. The predicted octanol–water partition coefficient (Wildman–Crippen LogP) is 2.25. The number of hydrogen-bond donors (Lipinski definition) is 1. The number of benzene rings is 1. The summed E-state index contributed by atoms with van der Waals surface area (Å²) in [6.45, 7) is -0.161. The van der Waals surface area contributed by atoms with Crippen LogP contribution in [0.1, 0.15) is 10.4 Å². The largest absolute Gasteiger partial charge is 0.354 e. The Morgan fingerprint density at radius 1 is 1.29 bits per heavy atom. The molecule has 0 atom stereocenters. The van der Waals surface area contributed by atoms with E-state index in [-0.39, 0.29) is 33.7 Å². The molecule has 9 nitrogen and oxygen atoms in total. The molecule has 2 aromatic rings. The minimum Gasteiger partial charge on any atom is -0.354 e. The highest BCUT2D eigenvalue weighted by molar-refractivity contribution is 7.18. The van der Waals surface area contributed by atoms with Crippen molar-refractivity contribution in [2.24, 2.45) is 0 Å². The fourth-order valence-corrected chi connectivity index (χ4v) is 2.11. The lowest BCUT2D eigenvalue weighted by molar-refractivity contribution is -0.384. The smallest absolute Gasteiger partial charge is 0.345 e. The van der Waals surface area contributed by atoms with Gasteiger partial charge in [0.05, 0.1) is 16.4 Å². The first-order chi connectivity index (χ1) is 9.97. The zero-order chi connectivity index (χ0) is 15.4. The second-order valence-corrected chi connectivity index (χ2v) is 4.85. The van der Waals surface area contributed by atoms with Crippen molar-refractivity contribution in [1.29, 1.82) is 0 Å². The van der Waals surface area contributed by atoms with Gasteiger partial charge in [0.1, 0.15) is 6.20 Å². The standard InChI is InChI=1S/C11H8N4O5S/c16-9(7-2-1-3-8(4-7)14(17)18)5-12-11-13-6-10(21-11)15(19)20/h1-4,6H,5H2,(H,12,13). The molecule has 0 aliphatic carbocycles. The Morgan fingerprint density at radius 2 is 2.05 bits per heavy atom. The summed E-state index contributed by atoms with van der Waals surface area (Å²) in [4.78, 5) is 35.6. The molecule has 0 aliphatic heterocycles.